The van der Waals surface area contributed by atoms with Crippen LogP contribution in [0.15, 0.2) is 48.7 Å². The van der Waals surface area contributed by atoms with Crippen LogP contribution in [0.2, 0.25) is 0 Å². The normalized spacial score (nSPS) is 19.9. The molecule has 3 heterocycles. The molecule has 8 heteroatoms. The Morgan fingerprint density at radius 2 is 1.85 bits per heavy atom. The second-order valence-electron chi connectivity index (χ2n) is 12.1. The third kappa shape index (κ3) is 5.33. The average Bonchev–Trinajstić information content (AvgIpc) is 3.44. The first kappa shape index (κ1) is 28.1. The zero-order valence-corrected chi connectivity index (χ0v) is 25.3. The number of methoxy groups -OCH3 is 1. The summed E-state index contributed by atoms with van der Waals surface area (Å²) in [6.45, 7) is 10.1. The minimum absolute atomic E-state index is 0.0693. The minimum Gasteiger partial charge on any atom is -0.494 e. The van der Waals surface area contributed by atoms with E-state index in [1.54, 1.807) is 7.11 Å². The highest BCUT2D eigenvalue weighted by molar-refractivity contribution is 7.80. The molecule has 2 fully saturated rings. The van der Waals surface area contributed by atoms with Crippen molar-refractivity contribution < 1.29 is 9.53 Å². The van der Waals surface area contributed by atoms with Gasteiger partial charge in [-0.2, -0.15) is 0 Å². The molecule has 40 heavy (non-hydrogen) atoms. The summed E-state index contributed by atoms with van der Waals surface area (Å²) in [6.07, 6.45) is 8.18. The summed E-state index contributed by atoms with van der Waals surface area (Å²) in [5, 5.41) is 7.24. The van der Waals surface area contributed by atoms with E-state index in [4.69, 9.17) is 21.9 Å². The van der Waals surface area contributed by atoms with Gasteiger partial charge in [0.15, 0.2) is 5.11 Å². The number of benzene rings is 1. The number of anilines is 2. The number of pyridine rings is 1. The Kier molecular flexibility index (Phi) is 7.91. The molecule has 0 spiro atoms. The molecule has 1 saturated carbocycles. The molecule has 2 N–H and O–H groups in total. The molecule has 2 aromatic heterocycles. The molecule has 0 bridgehead atoms. The first-order valence-corrected chi connectivity index (χ1v) is 14.7. The fraction of sp³-hybridized carbons (Fsp3) is 0.469. The molecule has 1 amide bonds. The summed E-state index contributed by atoms with van der Waals surface area (Å²) in [4.78, 5) is 19.6. The van der Waals surface area contributed by atoms with Crippen LogP contribution in [0.3, 0.4) is 0 Å². The van der Waals surface area contributed by atoms with E-state index in [-0.39, 0.29) is 18.0 Å². The molecule has 212 valence electrons. The van der Waals surface area contributed by atoms with Crippen molar-refractivity contribution in [3.8, 4) is 5.75 Å². The third-order valence-corrected chi connectivity index (χ3v) is 8.59. The molecule has 2 aliphatic rings. The van der Waals surface area contributed by atoms with E-state index in [9.17, 15) is 4.79 Å². The van der Waals surface area contributed by atoms with Gasteiger partial charge >= 0.3 is 0 Å². The highest BCUT2D eigenvalue weighted by atomic mass is 32.1. The summed E-state index contributed by atoms with van der Waals surface area (Å²) in [5.41, 5.74) is 5.77. The van der Waals surface area contributed by atoms with Gasteiger partial charge in [-0.15, -0.1) is 0 Å². The number of aryl methyl sites for hydroxylation is 1. The largest absolute Gasteiger partial charge is 0.494 e. The molecule has 7 nitrogen and oxygen atoms in total. The summed E-state index contributed by atoms with van der Waals surface area (Å²) < 4.78 is 8.30. The molecule has 2 atom stereocenters. The van der Waals surface area contributed by atoms with Crippen molar-refractivity contribution in [2.45, 2.75) is 84.8 Å². The van der Waals surface area contributed by atoms with Crippen molar-refractivity contribution in [1.29, 1.82) is 0 Å². The van der Waals surface area contributed by atoms with Crippen LogP contribution in [0, 0.1) is 19.3 Å². The van der Waals surface area contributed by atoms with E-state index in [1.807, 2.05) is 57.3 Å². The van der Waals surface area contributed by atoms with E-state index < -0.39 is 5.41 Å². The lowest BCUT2D eigenvalue weighted by Gasteiger charge is -2.30. The molecule has 1 aliphatic carbocycles. The highest BCUT2D eigenvalue weighted by Crippen LogP contribution is 2.46. The van der Waals surface area contributed by atoms with Gasteiger partial charge in [0.1, 0.15) is 5.75 Å². The lowest BCUT2D eigenvalue weighted by Crippen LogP contribution is -2.30. The Morgan fingerprint density at radius 3 is 2.50 bits per heavy atom. The Morgan fingerprint density at radius 1 is 1.10 bits per heavy atom. The second kappa shape index (κ2) is 11.2. The topological polar surface area (TPSA) is 71.4 Å². The maximum atomic E-state index is 12.7. The number of rotatable bonds is 6. The first-order valence-electron chi connectivity index (χ1n) is 14.3. The number of nitrogens with one attached hydrogen (secondary N) is 2. The second-order valence-corrected chi connectivity index (χ2v) is 12.5. The van der Waals surface area contributed by atoms with Gasteiger partial charge in [-0.3, -0.25) is 9.78 Å². The van der Waals surface area contributed by atoms with Crippen molar-refractivity contribution in [2.75, 3.05) is 17.3 Å². The van der Waals surface area contributed by atoms with E-state index in [0.717, 1.165) is 11.4 Å². The molecule has 0 radical (unpaired) electrons. The van der Waals surface area contributed by atoms with E-state index in [1.165, 1.54) is 49.1 Å². The van der Waals surface area contributed by atoms with E-state index in [2.05, 4.69) is 46.1 Å². The number of carbonyl (C=O) groups is 1. The number of nitrogens with zero attached hydrogens (tertiary/aromatic N) is 3. The van der Waals surface area contributed by atoms with Gasteiger partial charge in [0.25, 0.3) is 0 Å². The third-order valence-electron chi connectivity index (χ3n) is 8.27. The fourth-order valence-corrected chi connectivity index (χ4v) is 6.54. The maximum absolute atomic E-state index is 12.7. The van der Waals surface area contributed by atoms with Crippen molar-refractivity contribution >= 4 is 34.6 Å². The highest BCUT2D eigenvalue weighted by Gasteiger charge is 2.43. The van der Waals surface area contributed by atoms with Crippen LogP contribution in [-0.4, -0.2) is 27.7 Å². The molecule has 3 aromatic rings. The molecular formula is C32H41N5O2S. The quantitative estimate of drug-likeness (QED) is 0.312. The minimum atomic E-state index is -0.522. The van der Waals surface area contributed by atoms with Gasteiger partial charge in [0, 0.05) is 40.8 Å². The van der Waals surface area contributed by atoms with Crippen LogP contribution in [0.25, 0.3) is 0 Å². The number of ether oxygens (including phenoxy) is 1. The number of hydrogen-bond acceptors (Lipinski definition) is 4. The summed E-state index contributed by atoms with van der Waals surface area (Å²) in [5.74, 6) is 0.519. The summed E-state index contributed by atoms with van der Waals surface area (Å²) in [7, 11) is 1.62. The lowest BCUT2D eigenvalue weighted by atomic mass is 9.94. The molecular weight excluding hydrogens is 518 g/mol. The fourth-order valence-electron chi connectivity index (χ4n) is 6.19. The van der Waals surface area contributed by atoms with Gasteiger partial charge in [0.05, 0.1) is 30.6 Å². The van der Waals surface area contributed by atoms with Gasteiger partial charge in [0.2, 0.25) is 5.91 Å². The van der Waals surface area contributed by atoms with Crippen LogP contribution in [0.5, 0.6) is 5.75 Å². The molecule has 0 unspecified atom stereocenters. The Bertz CT molecular complexity index is 1390. The van der Waals surface area contributed by atoms with Crippen molar-refractivity contribution in [1.82, 2.24) is 14.9 Å². The molecule has 1 aliphatic heterocycles. The zero-order chi connectivity index (χ0) is 28.6. The zero-order valence-electron chi connectivity index (χ0n) is 24.5. The van der Waals surface area contributed by atoms with E-state index in [0.29, 0.717) is 22.6 Å². The lowest BCUT2D eigenvalue weighted by molar-refractivity contribution is -0.123. The van der Waals surface area contributed by atoms with Gasteiger partial charge in [-0.1, -0.05) is 46.1 Å². The van der Waals surface area contributed by atoms with Crippen LogP contribution in [-0.2, 0) is 4.79 Å². The standard InChI is InChI=1S/C32H41N5O2S/c1-20-18-24(21(2)36(20)22-12-8-7-9-13-22)29-28(26-14-10-11-17-33-26)35-31(40)37(29)23-15-16-25(27(19-23)39-6)34-30(38)32(3,4)5/h10-11,14-19,22,28-29H,7-9,12-13H2,1-6H3,(H,34,38)(H,35,40)/t28-,29-/m1/s1. The summed E-state index contributed by atoms with van der Waals surface area (Å²) in [6, 6.07) is 14.5. The Hall–Kier alpha value is -3.39. The van der Waals surface area contributed by atoms with Crippen molar-refractivity contribution in [3.63, 3.8) is 0 Å². The number of thiocarbonyl (C=S) groups is 1. The molecule has 1 aromatic carbocycles. The van der Waals surface area contributed by atoms with Crippen LogP contribution < -0.4 is 20.3 Å². The van der Waals surface area contributed by atoms with Gasteiger partial charge in [-0.25, -0.2) is 0 Å². The SMILES string of the molecule is COc1cc(N2C(=S)N[C@H](c3ccccn3)[C@H]2c2cc(C)n(C3CCCCC3)c2C)ccc1NC(=O)C(C)(C)C. The average molecular weight is 560 g/mol. The molecule has 5 rings (SSSR count). The summed E-state index contributed by atoms with van der Waals surface area (Å²) >= 11 is 5.99. The smallest absolute Gasteiger partial charge is 0.229 e. The maximum Gasteiger partial charge on any atom is 0.229 e. The predicted octanol–water partition coefficient (Wildman–Crippen LogP) is 7.18. The Labute approximate surface area is 243 Å². The molecule has 1 saturated heterocycles. The number of carbonyl (C=O) groups excluding carboxylic acids is 1. The number of amides is 1. The van der Waals surface area contributed by atoms with Crippen LogP contribution in [0.4, 0.5) is 11.4 Å². The first-order chi connectivity index (χ1) is 19.1. The van der Waals surface area contributed by atoms with E-state index >= 15 is 0 Å². The number of aromatic nitrogens is 2. The number of hydrogen-bond donors (Lipinski definition) is 2. The van der Waals surface area contributed by atoms with Crippen molar-refractivity contribution in [3.05, 3.63) is 71.3 Å². The van der Waals surface area contributed by atoms with Gasteiger partial charge < -0.3 is 24.8 Å². The van der Waals surface area contributed by atoms with Crippen molar-refractivity contribution in [2.24, 2.45) is 5.41 Å². The van der Waals surface area contributed by atoms with Gasteiger partial charge in [-0.05, 0) is 74.8 Å². The van der Waals surface area contributed by atoms with Crippen LogP contribution in [0.1, 0.15) is 93.6 Å². The van der Waals surface area contributed by atoms with Crippen LogP contribution >= 0.6 is 12.2 Å². The predicted molar refractivity (Wildman–Crippen MR) is 165 cm³/mol. The Balaban J connectivity index is 1.59. The monoisotopic (exact) mass is 559 g/mol.